The van der Waals surface area contributed by atoms with Gasteiger partial charge in [-0.05, 0) is 37.1 Å². The van der Waals surface area contributed by atoms with Crippen molar-refractivity contribution in [2.45, 2.75) is 13.8 Å². The molecule has 0 radical (unpaired) electrons. The average molecular weight is 239 g/mol. The monoisotopic (exact) mass is 239 g/mol. The van der Waals surface area contributed by atoms with E-state index < -0.39 is 0 Å². The van der Waals surface area contributed by atoms with Crippen molar-refractivity contribution in [3.05, 3.63) is 59.5 Å². The summed E-state index contributed by atoms with van der Waals surface area (Å²) in [7, 11) is 0. The Morgan fingerprint density at radius 1 is 1.06 bits per heavy atom. The molecule has 92 valence electrons. The number of hydrogen-bond donors (Lipinski definition) is 2. The molecule has 0 atom stereocenters. The first-order valence-electron chi connectivity index (χ1n) is 5.83. The number of nitrogens with zero attached hydrogens (tertiary/aromatic N) is 1. The van der Waals surface area contributed by atoms with Crippen molar-refractivity contribution in [1.82, 2.24) is 4.98 Å². The van der Waals surface area contributed by atoms with E-state index >= 15 is 0 Å². The van der Waals surface area contributed by atoms with Crippen LogP contribution in [0.1, 0.15) is 18.2 Å². The van der Waals surface area contributed by atoms with Crippen molar-refractivity contribution in [2.24, 2.45) is 11.5 Å². The molecule has 0 unspecified atom stereocenters. The van der Waals surface area contributed by atoms with Gasteiger partial charge in [-0.15, -0.1) is 0 Å². The summed E-state index contributed by atoms with van der Waals surface area (Å²) in [5.74, 6) is 0. The molecule has 1 aromatic heterocycles. The van der Waals surface area contributed by atoms with Gasteiger partial charge >= 0.3 is 0 Å². The van der Waals surface area contributed by atoms with Gasteiger partial charge in [0, 0.05) is 23.2 Å². The van der Waals surface area contributed by atoms with Gasteiger partial charge in [0.1, 0.15) is 0 Å². The minimum absolute atomic E-state index is 0.622. The highest BCUT2D eigenvalue weighted by Gasteiger charge is 2.03. The number of pyridine rings is 1. The molecule has 1 heterocycles. The van der Waals surface area contributed by atoms with Crippen molar-refractivity contribution in [1.29, 1.82) is 0 Å². The lowest BCUT2D eigenvalue weighted by molar-refractivity contribution is 1.20. The molecule has 2 aromatic rings. The first-order chi connectivity index (χ1) is 8.58. The quantitative estimate of drug-likeness (QED) is 0.846. The molecule has 3 heteroatoms. The summed E-state index contributed by atoms with van der Waals surface area (Å²) in [5, 5.41) is 0. The molecule has 1 aromatic carbocycles. The molecule has 18 heavy (non-hydrogen) atoms. The maximum Gasteiger partial charge on any atom is 0.0575 e. The molecular formula is C15H17N3. The Morgan fingerprint density at radius 2 is 1.83 bits per heavy atom. The van der Waals surface area contributed by atoms with E-state index in [1.807, 2.05) is 43.5 Å². The largest absolute Gasteiger partial charge is 0.401 e. The standard InChI is InChI=1S/C15H17N3/c1-10-6-7-14(9-18-10)12-4-3-5-13(8-12)15(17)11(2)16/h3-9H,16-17H2,1-2H3/b15-11-. The molecule has 4 N–H and O–H groups in total. The van der Waals surface area contributed by atoms with Crippen LogP contribution < -0.4 is 11.5 Å². The normalized spacial score (nSPS) is 12.1. The van der Waals surface area contributed by atoms with Crippen molar-refractivity contribution in [2.75, 3.05) is 0 Å². The van der Waals surface area contributed by atoms with Gasteiger partial charge in [-0.2, -0.15) is 0 Å². The highest BCUT2D eigenvalue weighted by atomic mass is 14.7. The van der Waals surface area contributed by atoms with Gasteiger partial charge in [0.25, 0.3) is 0 Å². The molecule has 0 spiro atoms. The van der Waals surface area contributed by atoms with Crippen molar-refractivity contribution in [3.63, 3.8) is 0 Å². The Bertz CT molecular complexity index is 579. The van der Waals surface area contributed by atoms with Crippen LogP contribution in [-0.4, -0.2) is 4.98 Å². The fourth-order valence-corrected chi connectivity index (χ4v) is 1.73. The lowest BCUT2D eigenvalue weighted by Gasteiger charge is -2.07. The second-order valence-corrected chi connectivity index (χ2v) is 4.37. The molecule has 0 saturated heterocycles. The topological polar surface area (TPSA) is 64.9 Å². The SMILES string of the molecule is C/C(N)=C(/N)c1cccc(-c2ccc(C)nc2)c1. The van der Waals surface area contributed by atoms with Crippen LogP contribution in [0.5, 0.6) is 0 Å². The van der Waals surface area contributed by atoms with Crippen LogP contribution in [0, 0.1) is 6.92 Å². The predicted octanol–water partition coefficient (Wildman–Crippen LogP) is 2.66. The van der Waals surface area contributed by atoms with Crippen LogP contribution in [-0.2, 0) is 0 Å². The molecule has 0 aliphatic carbocycles. The fraction of sp³-hybridized carbons (Fsp3) is 0.133. The van der Waals surface area contributed by atoms with Crippen LogP contribution in [0.4, 0.5) is 0 Å². The van der Waals surface area contributed by atoms with E-state index in [9.17, 15) is 0 Å². The third kappa shape index (κ3) is 2.51. The zero-order valence-electron chi connectivity index (χ0n) is 10.6. The molecule has 0 fully saturated rings. The molecule has 2 rings (SSSR count). The maximum atomic E-state index is 5.95. The Labute approximate surface area is 107 Å². The van der Waals surface area contributed by atoms with E-state index in [1.54, 1.807) is 6.92 Å². The number of allylic oxidation sites excluding steroid dienone is 1. The van der Waals surface area contributed by atoms with Gasteiger partial charge in [-0.3, -0.25) is 4.98 Å². The van der Waals surface area contributed by atoms with E-state index in [1.165, 1.54) is 0 Å². The zero-order valence-corrected chi connectivity index (χ0v) is 10.6. The predicted molar refractivity (Wildman–Crippen MR) is 75.4 cm³/mol. The van der Waals surface area contributed by atoms with Crippen molar-refractivity contribution < 1.29 is 0 Å². The third-order valence-corrected chi connectivity index (χ3v) is 2.84. The number of nitrogens with two attached hydrogens (primary N) is 2. The number of rotatable bonds is 2. The van der Waals surface area contributed by atoms with Crippen LogP contribution >= 0.6 is 0 Å². The van der Waals surface area contributed by atoms with Gasteiger partial charge in [0.05, 0.1) is 5.70 Å². The molecule has 0 aliphatic rings. The fourth-order valence-electron chi connectivity index (χ4n) is 1.73. The molecule has 0 amide bonds. The Hall–Kier alpha value is -2.29. The number of benzene rings is 1. The minimum atomic E-state index is 0.622. The molecule has 0 bridgehead atoms. The van der Waals surface area contributed by atoms with E-state index in [2.05, 4.69) is 11.1 Å². The number of aryl methyl sites for hydroxylation is 1. The second-order valence-electron chi connectivity index (χ2n) is 4.37. The average Bonchev–Trinajstić information content (AvgIpc) is 2.38. The summed E-state index contributed by atoms with van der Waals surface area (Å²) in [6, 6.07) is 12.0. The summed E-state index contributed by atoms with van der Waals surface area (Å²) >= 11 is 0. The van der Waals surface area contributed by atoms with E-state index in [4.69, 9.17) is 11.5 Å². The Kier molecular flexibility index (Phi) is 3.33. The smallest absolute Gasteiger partial charge is 0.0575 e. The summed E-state index contributed by atoms with van der Waals surface area (Å²) in [6.07, 6.45) is 1.86. The first-order valence-corrected chi connectivity index (χ1v) is 5.83. The molecule has 0 saturated carbocycles. The summed E-state index contributed by atoms with van der Waals surface area (Å²) in [6.45, 7) is 3.77. The first kappa shape index (κ1) is 12.2. The highest BCUT2D eigenvalue weighted by molar-refractivity contribution is 5.72. The summed E-state index contributed by atoms with van der Waals surface area (Å²) in [4.78, 5) is 4.30. The van der Waals surface area contributed by atoms with Gasteiger partial charge in [-0.25, -0.2) is 0 Å². The lowest BCUT2D eigenvalue weighted by Crippen LogP contribution is -2.05. The molecule has 0 aliphatic heterocycles. The maximum absolute atomic E-state index is 5.95. The Morgan fingerprint density at radius 3 is 2.44 bits per heavy atom. The molecular weight excluding hydrogens is 222 g/mol. The van der Waals surface area contributed by atoms with Gasteiger partial charge < -0.3 is 11.5 Å². The van der Waals surface area contributed by atoms with Crippen LogP contribution in [0.15, 0.2) is 48.3 Å². The highest BCUT2D eigenvalue weighted by Crippen LogP contribution is 2.22. The molecule has 3 nitrogen and oxygen atoms in total. The van der Waals surface area contributed by atoms with E-state index in [0.29, 0.717) is 11.4 Å². The van der Waals surface area contributed by atoms with Gasteiger partial charge in [0.15, 0.2) is 0 Å². The second kappa shape index (κ2) is 4.92. The van der Waals surface area contributed by atoms with Gasteiger partial charge in [0.2, 0.25) is 0 Å². The van der Waals surface area contributed by atoms with Gasteiger partial charge in [-0.1, -0.05) is 24.3 Å². The van der Waals surface area contributed by atoms with Crippen LogP contribution in [0.2, 0.25) is 0 Å². The number of aromatic nitrogens is 1. The van der Waals surface area contributed by atoms with Crippen molar-refractivity contribution in [3.8, 4) is 11.1 Å². The van der Waals surface area contributed by atoms with Crippen molar-refractivity contribution >= 4 is 5.70 Å². The minimum Gasteiger partial charge on any atom is -0.401 e. The van der Waals surface area contributed by atoms with Crippen LogP contribution in [0.25, 0.3) is 16.8 Å². The summed E-state index contributed by atoms with van der Waals surface area (Å²) in [5.41, 5.74) is 17.0. The zero-order chi connectivity index (χ0) is 13.1. The van der Waals surface area contributed by atoms with Crippen LogP contribution in [0.3, 0.4) is 0 Å². The Balaban J connectivity index is 2.45. The number of hydrogen-bond acceptors (Lipinski definition) is 3. The lowest BCUT2D eigenvalue weighted by atomic mass is 10.0. The summed E-state index contributed by atoms with van der Waals surface area (Å²) < 4.78 is 0. The van der Waals surface area contributed by atoms with E-state index in [-0.39, 0.29) is 0 Å². The third-order valence-electron chi connectivity index (χ3n) is 2.84. The van der Waals surface area contributed by atoms with E-state index in [0.717, 1.165) is 22.4 Å².